The number of aromatic hydroxyl groups is 1. The van der Waals surface area contributed by atoms with Crippen LogP contribution in [0, 0.1) is 5.41 Å². The highest BCUT2D eigenvalue weighted by Gasteiger charge is 2.37. The number of benzene rings is 1. The molecule has 0 saturated heterocycles. The topological polar surface area (TPSA) is 103 Å². The van der Waals surface area contributed by atoms with Crippen molar-refractivity contribution >= 4 is 11.7 Å². The molecule has 1 aromatic carbocycles. The van der Waals surface area contributed by atoms with Crippen molar-refractivity contribution in [2.75, 3.05) is 27.3 Å². The number of nitrogens with zero attached hydrogens (tertiary/aromatic N) is 1. The molecule has 0 aromatic heterocycles. The number of aliphatic carboxylic acids is 1. The number of carboxylic acids is 1. The van der Waals surface area contributed by atoms with Crippen molar-refractivity contribution in [1.29, 1.82) is 5.41 Å². The summed E-state index contributed by atoms with van der Waals surface area (Å²) >= 11 is 0. The average molecular weight is 482 g/mol. The van der Waals surface area contributed by atoms with Crippen molar-refractivity contribution in [3.05, 3.63) is 58.5 Å². The summed E-state index contributed by atoms with van der Waals surface area (Å²) in [5.41, 5.74) is -1.05. The van der Waals surface area contributed by atoms with Crippen LogP contribution in [0.4, 0.5) is 13.2 Å². The van der Waals surface area contributed by atoms with Crippen molar-refractivity contribution in [3.63, 3.8) is 0 Å². The largest absolute Gasteiger partial charge is 0.507 e. The van der Waals surface area contributed by atoms with Crippen LogP contribution >= 0.6 is 0 Å². The molecule has 7 nitrogen and oxygen atoms in total. The fourth-order valence-electron chi connectivity index (χ4n) is 3.51. The van der Waals surface area contributed by atoms with E-state index in [1.54, 1.807) is 12.2 Å². The highest BCUT2D eigenvalue weighted by atomic mass is 19.4. The molecule has 0 amide bonds. The number of likely N-dealkylation sites (N-methyl/N-ethyl adjacent to an activating group) is 1. The Bertz CT molecular complexity index is 1010. The van der Waals surface area contributed by atoms with Gasteiger partial charge < -0.3 is 24.6 Å². The zero-order valence-corrected chi connectivity index (χ0v) is 19.3. The van der Waals surface area contributed by atoms with Gasteiger partial charge >= 0.3 is 12.1 Å². The highest BCUT2D eigenvalue weighted by Crippen LogP contribution is 2.36. The molecule has 1 aromatic rings. The van der Waals surface area contributed by atoms with Crippen LogP contribution in [-0.2, 0) is 16.0 Å². The molecule has 1 aliphatic rings. The Morgan fingerprint density at radius 2 is 1.97 bits per heavy atom. The second-order valence-electron chi connectivity index (χ2n) is 7.69. The number of alkyl halides is 3. The number of rotatable bonds is 11. The first-order valence-electron chi connectivity index (χ1n) is 10.8. The van der Waals surface area contributed by atoms with Crippen molar-refractivity contribution in [1.82, 2.24) is 4.90 Å². The molecule has 2 rings (SSSR count). The van der Waals surface area contributed by atoms with Crippen LogP contribution in [0.3, 0.4) is 0 Å². The third kappa shape index (κ3) is 6.55. The van der Waals surface area contributed by atoms with Gasteiger partial charge in [0.2, 0.25) is 0 Å². The van der Waals surface area contributed by atoms with Crippen molar-refractivity contribution in [2.45, 2.75) is 38.8 Å². The summed E-state index contributed by atoms with van der Waals surface area (Å²) < 4.78 is 49.7. The predicted molar refractivity (Wildman–Crippen MR) is 121 cm³/mol. The molecule has 0 unspecified atom stereocenters. The van der Waals surface area contributed by atoms with E-state index in [-0.39, 0.29) is 29.3 Å². The Balaban J connectivity index is 2.05. The van der Waals surface area contributed by atoms with Gasteiger partial charge in [0.1, 0.15) is 23.0 Å². The van der Waals surface area contributed by atoms with Crippen LogP contribution in [0.15, 0.2) is 47.4 Å². The summed E-state index contributed by atoms with van der Waals surface area (Å²) in [6, 6.07) is 2.40. The Morgan fingerprint density at radius 1 is 1.26 bits per heavy atom. The molecule has 3 N–H and O–H groups in total. The van der Waals surface area contributed by atoms with Crippen molar-refractivity contribution < 1.29 is 37.7 Å². The van der Waals surface area contributed by atoms with Gasteiger partial charge in [0.25, 0.3) is 0 Å². The predicted octanol–water partition coefficient (Wildman–Crippen LogP) is 4.80. The summed E-state index contributed by atoms with van der Waals surface area (Å²) in [6.07, 6.45) is 2.10. The van der Waals surface area contributed by atoms with E-state index in [2.05, 4.69) is 0 Å². The van der Waals surface area contributed by atoms with Gasteiger partial charge in [0.15, 0.2) is 0 Å². The second kappa shape index (κ2) is 11.6. The summed E-state index contributed by atoms with van der Waals surface area (Å²) in [6.45, 7) is 2.61. The summed E-state index contributed by atoms with van der Waals surface area (Å²) in [5.74, 6) is -1.11. The first-order chi connectivity index (χ1) is 16.0. The van der Waals surface area contributed by atoms with Gasteiger partial charge in [-0.25, -0.2) is 4.79 Å². The number of allylic oxidation sites excluding steroid dienone is 3. The van der Waals surface area contributed by atoms with Crippen LogP contribution in [0.25, 0.3) is 0 Å². The van der Waals surface area contributed by atoms with Crippen molar-refractivity contribution in [3.8, 4) is 11.5 Å². The quantitative estimate of drug-likeness (QED) is 0.309. The lowest BCUT2D eigenvalue weighted by Gasteiger charge is -2.21. The van der Waals surface area contributed by atoms with Crippen molar-refractivity contribution in [2.24, 2.45) is 0 Å². The molecule has 0 saturated carbocycles. The number of carbonyl (C=O) groups is 1. The van der Waals surface area contributed by atoms with E-state index in [0.717, 1.165) is 11.8 Å². The third-order valence-corrected chi connectivity index (χ3v) is 5.27. The molecule has 0 heterocycles. The number of halogens is 3. The number of ether oxygens (including phenoxy) is 2. The Morgan fingerprint density at radius 3 is 2.56 bits per heavy atom. The minimum Gasteiger partial charge on any atom is -0.507 e. The lowest BCUT2D eigenvalue weighted by atomic mass is 10.00. The van der Waals surface area contributed by atoms with Crippen LogP contribution in [0.5, 0.6) is 11.5 Å². The van der Waals surface area contributed by atoms with E-state index in [1.165, 1.54) is 13.2 Å². The summed E-state index contributed by atoms with van der Waals surface area (Å²) in [7, 11) is 3.25. The van der Waals surface area contributed by atoms with Crippen LogP contribution in [0.1, 0.15) is 37.3 Å². The molecule has 34 heavy (non-hydrogen) atoms. The fraction of sp³-hybridized carbons (Fsp3) is 0.417. The van der Waals surface area contributed by atoms with E-state index in [4.69, 9.17) is 14.9 Å². The molecule has 0 aliphatic heterocycles. The Labute approximate surface area is 196 Å². The number of methoxy groups -OCH3 is 1. The zero-order valence-electron chi connectivity index (χ0n) is 19.3. The van der Waals surface area contributed by atoms with Crippen LogP contribution in [-0.4, -0.2) is 60.3 Å². The molecular formula is C24H29F3N2O5. The lowest BCUT2D eigenvalue weighted by Crippen LogP contribution is -2.23. The SMILES string of the molecule is CCCc1c(OCCCN(C)C2=CCC=C(C(=O)O)C(OC)=C2)ccc(C(=N)C(F)(F)F)c1O. The van der Waals surface area contributed by atoms with Gasteiger partial charge in [0, 0.05) is 36.5 Å². The maximum absolute atomic E-state index is 12.9. The molecule has 1 aliphatic carbocycles. The highest BCUT2D eigenvalue weighted by molar-refractivity contribution is 6.04. The normalized spacial score (nSPS) is 13.9. The monoisotopic (exact) mass is 482 g/mol. The maximum atomic E-state index is 12.9. The second-order valence-corrected chi connectivity index (χ2v) is 7.69. The van der Waals surface area contributed by atoms with Crippen LogP contribution in [0.2, 0.25) is 0 Å². The van der Waals surface area contributed by atoms with E-state index >= 15 is 0 Å². The van der Waals surface area contributed by atoms with Gasteiger partial charge in [-0.15, -0.1) is 0 Å². The summed E-state index contributed by atoms with van der Waals surface area (Å²) in [5, 5.41) is 27.0. The molecule has 10 heteroatoms. The molecule has 0 spiro atoms. The van der Waals surface area contributed by atoms with Gasteiger partial charge in [0.05, 0.1) is 19.3 Å². The molecular weight excluding hydrogens is 453 g/mol. The molecule has 0 radical (unpaired) electrons. The fourth-order valence-corrected chi connectivity index (χ4v) is 3.51. The minimum atomic E-state index is -4.86. The van der Waals surface area contributed by atoms with Gasteiger partial charge in [-0.05, 0) is 31.4 Å². The number of hydrogen-bond donors (Lipinski definition) is 3. The first-order valence-corrected chi connectivity index (χ1v) is 10.8. The molecule has 0 atom stereocenters. The Kier molecular flexibility index (Phi) is 9.17. The van der Waals surface area contributed by atoms with E-state index in [0.29, 0.717) is 32.2 Å². The van der Waals surface area contributed by atoms with Gasteiger partial charge in [-0.1, -0.05) is 25.5 Å². The standard InChI is InChI=1S/C24H29F3N2O5/c1-4-7-16-19(11-10-18(21(16)30)22(28)24(25,26)27)34-13-6-12-29(2)15-8-5-9-17(23(31)32)20(14-15)33-3/h8-11,14,28,30H,4-7,12-13H2,1-3H3,(H,31,32). The molecule has 0 bridgehead atoms. The lowest BCUT2D eigenvalue weighted by molar-refractivity contribution is -0.132. The first kappa shape index (κ1) is 26.8. The average Bonchev–Trinajstić information content (AvgIpc) is 3.00. The number of phenols is 1. The smallest absolute Gasteiger partial charge is 0.433 e. The van der Waals surface area contributed by atoms with Gasteiger partial charge in [-0.3, -0.25) is 5.41 Å². The van der Waals surface area contributed by atoms with Gasteiger partial charge in [-0.2, -0.15) is 13.2 Å². The molecule has 0 fully saturated rings. The van der Waals surface area contributed by atoms with E-state index < -0.39 is 29.2 Å². The number of carboxylic acid groups (broad SMARTS) is 1. The third-order valence-electron chi connectivity index (χ3n) is 5.27. The number of phenolic OH excluding ortho intramolecular Hbond substituents is 1. The molecule has 186 valence electrons. The number of nitrogens with one attached hydrogen (secondary N) is 1. The zero-order chi connectivity index (χ0) is 25.5. The maximum Gasteiger partial charge on any atom is 0.433 e. The minimum absolute atomic E-state index is 0.0933. The summed E-state index contributed by atoms with van der Waals surface area (Å²) in [4.78, 5) is 13.3. The number of hydrogen-bond acceptors (Lipinski definition) is 6. The van der Waals surface area contributed by atoms with E-state index in [1.807, 2.05) is 24.9 Å². The van der Waals surface area contributed by atoms with E-state index in [9.17, 15) is 28.2 Å². The van der Waals surface area contributed by atoms with Crippen LogP contribution < -0.4 is 4.74 Å². The Hall–Kier alpha value is -3.43.